The van der Waals surface area contributed by atoms with Crippen molar-refractivity contribution in [1.29, 1.82) is 0 Å². The van der Waals surface area contributed by atoms with Crippen molar-refractivity contribution in [3.05, 3.63) is 0 Å². The van der Waals surface area contributed by atoms with Crippen LogP contribution in [0.3, 0.4) is 0 Å². The summed E-state index contributed by atoms with van der Waals surface area (Å²) in [6, 6.07) is 0. The largest absolute Gasteiger partial charge is 0.370 e. The van der Waals surface area contributed by atoms with E-state index in [4.69, 9.17) is 5.73 Å². The molecule has 8 heteroatoms. The summed E-state index contributed by atoms with van der Waals surface area (Å²) in [5.41, 5.74) is 5.59. The highest BCUT2D eigenvalue weighted by molar-refractivity contribution is 14.0. The minimum absolute atomic E-state index is 0. The molecule has 0 aliphatic carbocycles. The number of hydrogen-bond donors (Lipinski definition) is 2. The summed E-state index contributed by atoms with van der Waals surface area (Å²) in [6.45, 7) is 9.29. The molecule has 0 aromatic rings. The van der Waals surface area contributed by atoms with Crippen LogP contribution in [0.4, 0.5) is 0 Å². The fourth-order valence-corrected chi connectivity index (χ4v) is 2.36. The van der Waals surface area contributed by atoms with E-state index >= 15 is 0 Å². The number of nitrogens with one attached hydrogen (secondary N) is 1. The van der Waals surface area contributed by atoms with Gasteiger partial charge in [-0.05, 0) is 27.2 Å². The number of nitrogens with zero attached hydrogens (tertiary/aromatic N) is 2. The predicted octanol–water partition coefficient (Wildman–Crippen LogP) is 0.979. The minimum atomic E-state index is -3.11. The first-order valence-electron chi connectivity index (χ1n) is 6.09. The molecule has 0 bridgehead atoms. The maximum atomic E-state index is 11.3. The lowest BCUT2D eigenvalue weighted by molar-refractivity contribution is 0.427. The van der Waals surface area contributed by atoms with Gasteiger partial charge in [0.05, 0.1) is 6.26 Å². The van der Waals surface area contributed by atoms with Crippen molar-refractivity contribution < 1.29 is 8.42 Å². The van der Waals surface area contributed by atoms with E-state index in [9.17, 15) is 8.42 Å². The monoisotopic (exact) mass is 406 g/mol. The smallest absolute Gasteiger partial charge is 0.211 e. The van der Waals surface area contributed by atoms with Crippen molar-refractivity contribution in [3.8, 4) is 0 Å². The topological polar surface area (TPSA) is 87.8 Å². The zero-order chi connectivity index (χ0) is 14.4. The normalized spacial score (nSPS) is 13.3. The number of hydrogen-bond acceptors (Lipinski definition) is 3. The zero-order valence-corrected chi connectivity index (χ0v) is 15.6. The lowest BCUT2D eigenvalue weighted by Crippen LogP contribution is -2.45. The van der Waals surface area contributed by atoms with Crippen LogP contribution in [0.5, 0.6) is 0 Å². The lowest BCUT2D eigenvalue weighted by atomic mass is 10.1. The van der Waals surface area contributed by atoms with Crippen molar-refractivity contribution >= 4 is 40.0 Å². The molecule has 0 saturated heterocycles. The Hall–Kier alpha value is -0.0900. The van der Waals surface area contributed by atoms with Crippen molar-refractivity contribution in [2.24, 2.45) is 10.7 Å². The molecule has 0 rings (SSSR count). The van der Waals surface area contributed by atoms with Crippen molar-refractivity contribution in [2.75, 3.05) is 25.9 Å². The third kappa shape index (κ3) is 11.4. The number of rotatable bonds is 6. The summed E-state index contributed by atoms with van der Waals surface area (Å²) in [5, 5.41) is 3.05. The van der Waals surface area contributed by atoms with Gasteiger partial charge in [-0.15, -0.1) is 24.0 Å². The molecular formula is C11H27IN4O2S. The fourth-order valence-electron chi connectivity index (χ4n) is 1.43. The molecule has 19 heavy (non-hydrogen) atoms. The Morgan fingerprint density at radius 2 is 1.89 bits per heavy atom. The second-order valence-electron chi connectivity index (χ2n) is 5.25. The standard InChI is InChI=1S/C11H26N4O2S.HI/c1-6-15(18(5,16)17)9-7-8-13-10(12)14-11(2,3)4;/h6-9H2,1-5H3,(H3,12,13,14);1H. The highest BCUT2D eigenvalue weighted by Gasteiger charge is 2.13. The Balaban J connectivity index is 0. The predicted molar refractivity (Wildman–Crippen MR) is 91.5 cm³/mol. The maximum Gasteiger partial charge on any atom is 0.211 e. The van der Waals surface area contributed by atoms with Gasteiger partial charge in [-0.25, -0.2) is 12.7 Å². The van der Waals surface area contributed by atoms with Gasteiger partial charge in [0, 0.05) is 25.2 Å². The molecule has 3 N–H and O–H groups in total. The Kier molecular flexibility index (Phi) is 10.0. The van der Waals surface area contributed by atoms with E-state index < -0.39 is 10.0 Å². The Labute approximate surface area is 134 Å². The van der Waals surface area contributed by atoms with Crippen LogP contribution in [0.1, 0.15) is 34.1 Å². The molecule has 0 aliphatic rings. The quantitative estimate of drug-likeness (QED) is 0.298. The van der Waals surface area contributed by atoms with E-state index in [1.807, 2.05) is 27.7 Å². The van der Waals surface area contributed by atoms with E-state index in [0.29, 0.717) is 32.0 Å². The molecule has 0 atom stereocenters. The van der Waals surface area contributed by atoms with Gasteiger partial charge in [-0.3, -0.25) is 4.99 Å². The van der Waals surface area contributed by atoms with Crippen LogP contribution < -0.4 is 11.1 Å². The Bertz CT molecular complexity index is 377. The van der Waals surface area contributed by atoms with Crippen LogP contribution in [0.15, 0.2) is 4.99 Å². The van der Waals surface area contributed by atoms with Gasteiger partial charge in [-0.2, -0.15) is 0 Å². The molecule has 0 saturated carbocycles. The number of sulfonamides is 1. The van der Waals surface area contributed by atoms with Crippen molar-refractivity contribution in [1.82, 2.24) is 9.62 Å². The van der Waals surface area contributed by atoms with Gasteiger partial charge >= 0.3 is 0 Å². The number of aliphatic imine (C=N–C) groups is 1. The molecule has 0 spiro atoms. The van der Waals surface area contributed by atoms with Gasteiger partial charge in [0.1, 0.15) is 0 Å². The van der Waals surface area contributed by atoms with Crippen LogP contribution in [-0.2, 0) is 10.0 Å². The van der Waals surface area contributed by atoms with Crippen molar-refractivity contribution in [2.45, 2.75) is 39.7 Å². The SMILES string of the molecule is CCN(CCCN=C(N)NC(C)(C)C)S(C)(=O)=O.I. The van der Waals surface area contributed by atoms with Crippen LogP contribution in [-0.4, -0.2) is 50.1 Å². The molecule has 0 fully saturated rings. The van der Waals surface area contributed by atoms with Crippen LogP contribution in [0, 0.1) is 0 Å². The summed E-state index contributed by atoms with van der Waals surface area (Å²) >= 11 is 0. The maximum absolute atomic E-state index is 11.3. The second kappa shape index (κ2) is 8.96. The summed E-state index contributed by atoms with van der Waals surface area (Å²) in [5.74, 6) is 0.393. The summed E-state index contributed by atoms with van der Waals surface area (Å²) < 4.78 is 24.1. The van der Waals surface area contributed by atoms with Crippen LogP contribution in [0.2, 0.25) is 0 Å². The van der Waals surface area contributed by atoms with Gasteiger partial charge in [0.15, 0.2) is 5.96 Å². The van der Waals surface area contributed by atoms with Gasteiger partial charge < -0.3 is 11.1 Å². The summed E-state index contributed by atoms with van der Waals surface area (Å²) in [7, 11) is -3.11. The molecular weight excluding hydrogens is 379 g/mol. The van der Waals surface area contributed by atoms with E-state index in [2.05, 4.69) is 10.3 Å². The highest BCUT2D eigenvalue weighted by atomic mass is 127. The average molecular weight is 406 g/mol. The molecule has 6 nitrogen and oxygen atoms in total. The number of guanidine groups is 1. The first kappa shape index (κ1) is 21.2. The van der Waals surface area contributed by atoms with Gasteiger partial charge in [0.2, 0.25) is 10.0 Å². The zero-order valence-electron chi connectivity index (χ0n) is 12.4. The molecule has 0 aliphatic heterocycles. The van der Waals surface area contributed by atoms with E-state index in [0.717, 1.165) is 0 Å². The highest BCUT2D eigenvalue weighted by Crippen LogP contribution is 2.00. The number of halogens is 1. The van der Waals surface area contributed by atoms with E-state index in [1.165, 1.54) is 10.6 Å². The van der Waals surface area contributed by atoms with Crippen LogP contribution in [0.25, 0.3) is 0 Å². The molecule has 0 amide bonds. The van der Waals surface area contributed by atoms with E-state index in [1.54, 1.807) is 0 Å². The average Bonchev–Trinajstić information content (AvgIpc) is 2.12. The summed E-state index contributed by atoms with van der Waals surface area (Å²) in [4.78, 5) is 4.16. The van der Waals surface area contributed by atoms with Crippen LogP contribution >= 0.6 is 24.0 Å². The Morgan fingerprint density at radius 3 is 2.26 bits per heavy atom. The first-order chi connectivity index (χ1) is 8.06. The summed E-state index contributed by atoms with van der Waals surface area (Å²) in [6.07, 6.45) is 1.88. The Morgan fingerprint density at radius 1 is 1.37 bits per heavy atom. The third-order valence-electron chi connectivity index (χ3n) is 2.17. The third-order valence-corrected chi connectivity index (χ3v) is 3.55. The fraction of sp³-hybridized carbons (Fsp3) is 0.909. The van der Waals surface area contributed by atoms with Gasteiger partial charge in [-0.1, -0.05) is 6.92 Å². The molecule has 0 heterocycles. The number of nitrogens with two attached hydrogens (primary N) is 1. The first-order valence-corrected chi connectivity index (χ1v) is 7.94. The lowest BCUT2D eigenvalue weighted by Gasteiger charge is -2.21. The molecule has 0 unspecified atom stereocenters. The minimum Gasteiger partial charge on any atom is -0.370 e. The van der Waals surface area contributed by atoms with Gasteiger partial charge in [0.25, 0.3) is 0 Å². The van der Waals surface area contributed by atoms with Crippen molar-refractivity contribution in [3.63, 3.8) is 0 Å². The van der Waals surface area contributed by atoms with E-state index in [-0.39, 0.29) is 29.5 Å². The molecule has 0 aromatic heterocycles. The molecule has 0 radical (unpaired) electrons. The molecule has 116 valence electrons. The molecule has 0 aromatic carbocycles. The second-order valence-corrected chi connectivity index (χ2v) is 7.23.